The van der Waals surface area contributed by atoms with Crippen molar-refractivity contribution in [3.8, 4) is 22.6 Å². The fourth-order valence-corrected chi connectivity index (χ4v) is 4.15. The first-order valence-electron chi connectivity index (χ1n) is 14.6. The highest BCUT2D eigenvalue weighted by molar-refractivity contribution is 5.92. The highest BCUT2D eigenvalue weighted by Crippen LogP contribution is 2.25. The van der Waals surface area contributed by atoms with Crippen LogP contribution in [-0.4, -0.2) is 37.1 Å². The zero-order chi connectivity index (χ0) is 33.1. The van der Waals surface area contributed by atoms with Gasteiger partial charge in [-0.15, -0.1) is 0 Å². The van der Waals surface area contributed by atoms with E-state index in [2.05, 4.69) is 13.2 Å². The Balaban J connectivity index is 1.25. The van der Waals surface area contributed by atoms with Gasteiger partial charge < -0.3 is 18.9 Å². The van der Waals surface area contributed by atoms with Crippen LogP contribution < -0.4 is 9.47 Å². The van der Waals surface area contributed by atoms with Crippen molar-refractivity contribution in [2.75, 3.05) is 13.2 Å². The summed E-state index contributed by atoms with van der Waals surface area (Å²) >= 11 is 0. The van der Waals surface area contributed by atoms with E-state index in [-0.39, 0.29) is 13.2 Å². The molecule has 0 aliphatic heterocycles. The summed E-state index contributed by atoms with van der Waals surface area (Å²) in [5.74, 6) is -1.04. The van der Waals surface area contributed by atoms with Crippen molar-refractivity contribution in [3.63, 3.8) is 0 Å². The summed E-state index contributed by atoms with van der Waals surface area (Å²) in [6.45, 7) is 10.7. The molecule has 4 aromatic rings. The lowest BCUT2D eigenvalue weighted by Gasteiger charge is -2.09. The molecule has 4 rings (SSSR count). The molecule has 0 N–H and O–H groups in total. The Morgan fingerprint density at radius 1 is 0.500 bits per heavy atom. The number of hydrogen-bond acceptors (Lipinski definition) is 8. The van der Waals surface area contributed by atoms with Crippen molar-refractivity contribution in [3.05, 3.63) is 144 Å². The van der Waals surface area contributed by atoms with Gasteiger partial charge in [-0.1, -0.05) is 61.7 Å². The van der Waals surface area contributed by atoms with Crippen molar-refractivity contribution >= 4 is 23.9 Å². The van der Waals surface area contributed by atoms with Crippen LogP contribution in [0.15, 0.2) is 121 Å². The smallest absolute Gasteiger partial charge is 0.343 e. The molecule has 0 aliphatic carbocycles. The minimum Gasteiger partial charge on any atom is -0.462 e. The van der Waals surface area contributed by atoms with Crippen LogP contribution >= 0.6 is 0 Å². The first kappa shape index (κ1) is 33.1. The Kier molecular flexibility index (Phi) is 11.4. The average molecular weight is 619 g/mol. The molecule has 0 heterocycles. The van der Waals surface area contributed by atoms with Crippen LogP contribution in [0, 0.1) is 0 Å². The molecule has 4 aromatic carbocycles. The molecule has 46 heavy (non-hydrogen) atoms. The van der Waals surface area contributed by atoms with Crippen molar-refractivity contribution in [2.45, 2.75) is 26.7 Å². The SMILES string of the molecule is C=C(C)C(=O)OCCc1ccc(C(=O)Oc2ccc(-c3ccc(OC(=O)c4ccc(CCOC(=O)C(=C)C)cc4)cc3)cc2)cc1. The topological polar surface area (TPSA) is 105 Å². The lowest BCUT2D eigenvalue weighted by atomic mass is 10.1. The van der Waals surface area contributed by atoms with Crippen molar-refractivity contribution in [2.24, 2.45) is 0 Å². The summed E-state index contributed by atoms with van der Waals surface area (Å²) in [6.07, 6.45) is 1.04. The third kappa shape index (κ3) is 9.62. The van der Waals surface area contributed by atoms with Crippen molar-refractivity contribution < 1.29 is 38.1 Å². The van der Waals surface area contributed by atoms with E-state index in [1.54, 1.807) is 86.6 Å². The molecule has 0 fully saturated rings. The van der Waals surface area contributed by atoms with E-state index < -0.39 is 23.9 Å². The fraction of sp³-hybridized carbons (Fsp3) is 0.158. The number of rotatable bonds is 13. The second kappa shape index (κ2) is 15.8. The standard InChI is InChI=1S/C38H34O8/c1-25(2)35(39)43-23-21-27-5-9-31(10-6-27)37(41)45-33-17-13-29(14-18-33)30-15-19-34(20-16-30)46-38(42)32-11-7-28(8-12-32)22-24-44-36(40)26(3)4/h5-20H,1,3,21-24H2,2,4H3. The van der Waals surface area contributed by atoms with Gasteiger partial charge in [-0.3, -0.25) is 0 Å². The lowest BCUT2D eigenvalue weighted by Crippen LogP contribution is -2.10. The Morgan fingerprint density at radius 3 is 1.13 bits per heavy atom. The molecule has 0 spiro atoms. The Hall–Kier alpha value is -5.76. The summed E-state index contributed by atoms with van der Waals surface area (Å²) in [5, 5.41) is 0. The summed E-state index contributed by atoms with van der Waals surface area (Å²) in [4.78, 5) is 48.2. The van der Waals surface area contributed by atoms with Crippen molar-refractivity contribution in [1.82, 2.24) is 0 Å². The van der Waals surface area contributed by atoms with E-state index >= 15 is 0 Å². The molecule has 0 saturated heterocycles. The molecule has 0 aliphatic rings. The number of carbonyl (C=O) groups excluding carboxylic acids is 4. The lowest BCUT2D eigenvalue weighted by molar-refractivity contribution is -0.139. The molecule has 8 nitrogen and oxygen atoms in total. The van der Waals surface area contributed by atoms with Crippen LogP contribution in [0.3, 0.4) is 0 Å². The van der Waals surface area contributed by atoms with Crippen LogP contribution in [0.25, 0.3) is 11.1 Å². The summed E-state index contributed by atoms with van der Waals surface area (Å²) in [7, 11) is 0. The van der Waals surface area contributed by atoms with Crippen LogP contribution in [0.4, 0.5) is 0 Å². The van der Waals surface area contributed by atoms with Crippen LogP contribution in [0.2, 0.25) is 0 Å². The first-order chi connectivity index (χ1) is 22.1. The second-order valence-corrected chi connectivity index (χ2v) is 10.6. The van der Waals surface area contributed by atoms with Gasteiger partial charge in [0.15, 0.2) is 0 Å². The minimum atomic E-state index is -0.488. The van der Waals surface area contributed by atoms with Gasteiger partial charge in [0.1, 0.15) is 11.5 Å². The molecule has 0 aromatic heterocycles. The number of benzene rings is 4. The van der Waals surface area contributed by atoms with Gasteiger partial charge in [-0.2, -0.15) is 0 Å². The van der Waals surface area contributed by atoms with Crippen LogP contribution in [0.5, 0.6) is 11.5 Å². The predicted octanol–water partition coefficient (Wildman–Crippen LogP) is 7.12. The molecular weight excluding hydrogens is 584 g/mol. The maximum atomic E-state index is 12.6. The summed E-state index contributed by atoms with van der Waals surface area (Å²) in [6, 6.07) is 28.0. The van der Waals surface area contributed by atoms with E-state index in [1.807, 2.05) is 24.3 Å². The van der Waals surface area contributed by atoms with Gasteiger partial charge in [-0.25, -0.2) is 19.2 Å². The Bertz CT molecular complexity index is 1580. The normalized spacial score (nSPS) is 10.4. The van der Waals surface area contributed by atoms with E-state index in [4.69, 9.17) is 18.9 Å². The summed E-state index contributed by atoms with van der Waals surface area (Å²) in [5.41, 5.74) is 5.11. The zero-order valence-corrected chi connectivity index (χ0v) is 25.7. The van der Waals surface area contributed by atoms with Gasteiger partial charge in [0.2, 0.25) is 0 Å². The molecule has 0 atom stereocenters. The number of esters is 4. The number of carbonyl (C=O) groups is 4. The second-order valence-electron chi connectivity index (χ2n) is 10.6. The van der Waals surface area contributed by atoms with E-state index in [0.717, 1.165) is 22.3 Å². The average Bonchev–Trinajstić information content (AvgIpc) is 3.06. The molecule has 8 heteroatoms. The molecule has 0 unspecified atom stereocenters. The quantitative estimate of drug-likeness (QED) is 0.0887. The molecule has 0 amide bonds. The maximum absolute atomic E-state index is 12.6. The van der Waals surface area contributed by atoms with E-state index in [9.17, 15) is 19.2 Å². The third-order valence-corrected chi connectivity index (χ3v) is 6.79. The zero-order valence-electron chi connectivity index (χ0n) is 25.7. The fourth-order valence-electron chi connectivity index (χ4n) is 4.15. The largest absolute Gasteiger partial charge is 0.462 e. The maximum Gasteiger partial charge on any atom is 0.343 e. The van der Waals surface area contributed by atoms with E-state index in [1.165, 1.54) is 0 Å². The molecule has 234 valence electrons. The predicted molar refractivity (Wildman–Crippen MR) is 174 cm³/mol. The van der Waals surface area contributed by atoms with Gasteiger partial charge >= 0.3 is 23.9 Å². The van der Waals surface area contributed by atoms with Gasteiger partial charge in [0, 0.05) is 24.0 Å². The van der Waals surface area contributed by atoms with Crippen molar-refractivity contribution in [1.29, 1.82) is 0 Å². The van der Waals surface area contributed by atoms with Gasteiger partial charge in [0.25, 0.3) is 0 Å². The minimum absolute atomic E-state index is 0.226. The Morgan fingerprint density at radius 2 is 0.826 bits per heavy atom. The van der Waals surface area contributed by atoms with Gasteiger partial charge in [-0.05, 0) is 84.6 Å². The molecule has 0 saturated carbocycles. The molecule has 0 bridgehead atoms. The van der Waals surface area contributed by atoms with Gasteiger partial charge in [0.05, 0.1) is 24.3 Å². The molecular formula is C38H34O8. The number of hydrogen-bond donors (Lipinski definition) is 0. The van der Waals surface area contributed by atoms with E-state index in [0.29, 0.717) is 46.6 Å². The Labute approximate surface area is 267 Å². The molecule has 0 radical (unpaired) electrons. The third-order valence-electron chi connectivity index (χ3n) is 6.79. The number of ether oxygens (including phenoxy) is 4. The first-order valence-corrected chi connectivity index (χ1v) is 14.6. The van der Waals surface area contributed by atoms with Crippen LogP contribution in [-0.2, 0) is 31.9 Å². The highest BCUT2D eigenvalue weighted by Gasteiger charge is 2.12. The highest BCUT2D eigenvalue weighted by atomic mass is 16.5. The van der Waals surface area contributed by atoms with Crippen LogP contribution in [0.1, 0.15) is 45.7 Å². The monoisotopic (exact) mass is 618 g/mol. The summed E-state index contributed by atoms with van der Waals surface area (Å²) < 4.78 is 21.2.